The third-order valence-corrected chi connectivity index (χ3v) is 11.6. The highest BCUT2D eigenvalue weighted by molar-refractivity contribution is 9.09. The van der Waals surface area contributed by atoms with Crippen molar-refractivity contribution < 1.29 is 19.5 Å². The molecule has 6 atom stereocenters. The van der Waals surface area contributed by atoms with Crippen LogP contribution in [0.5, 0.6) is 0 Å². The first-order valence-corrected chi connectivity index (χ1v) is 15.7. The Bertz CT molecular complexity index is 1340. The Morgan fingerprint density at radius 3 is 2.55 bits per heavy atom. The highest BCUT2D eigenvalue weighted by atomic mass is 79.9. The van der Waals surface area contributed by atoms with Gasteiger partial charge in [-0.3, -0.25) is 14.4 Å². The topological polar surface area (TPSA) is 81.2 Å². The fourth-order valence-corrected chi connectivity index (χ4v) is 10.5. The van der Waals surface area contributed by atoms with Crippen LogP contribution in [-0.4, -0.2) is 86.3 Å². The van der Waals surface area contributed by atoms with Gasteiger partial charge in [0.15, 0.2) is 0 Å². The van der Waals surface area contributed by atoms with Gasteiger partial charge in [-0.2, -0.15) is 0 Å². The second kappa shape index (κ2) is 11.7. The number of likely N-dealkylation sites (tertiary alicyclic amines) is 1. The zero-order chi connectivity index (χ0) is 28.6. The summed E-state index contributed by atoms with van der Waals surface area (Å²) in [6.07, 6.45) is 4.79. The molecule has 9 heteroatoms. The number of amides is 3. The Hall–Kier alpha value is -2.62. The molecule has 0 radical (unpaired) electrons. The summed E-state index contributed by atoms with van der Waals surface area (Å²) in [6.45, 7) is 10.8. The van der Waals surface area contributed by atoms with Gasteiger partial charge in [0.05, 0.1) is 23.2 Å². The SMILES string of the molecule is C=CCN(CCC)C(=O)[C@H]1[C@@H]2SC3(CC2Br)C(C(=O)N(CC=C)c2ccc4ccccc4c2)N(CCO)C(=O)[C@H]13. The number of thioether (sulfide) groups is 1. The summed E-state index contributed by atoms with van der Waals surface area (Å²) in [5.41, 5.74) is 0.723. The molecule has 3 heterocycles. The minimum absolute atomic E-state index is 0.0133. The Morgan fingerprint density at radius 2 is 1.88 bits per heavy atom. The maximum absolute atomic E-state index is 14.6. The van der Waals surface area contributed by atoms with Gasteiger partial charge in [-0.15, -0.1) is 24.9 Å². The smallest absolute Gasteiger partial charge is 0.251 e. The van der Waals surface area contributed by atoms with Crippen molar-refractivity contribution in [2.75, 3.05) is 37.7 Å². The quantitative estimate of drug-likeness (QED) is 0.298. The Labute approximate surface area is 248 Å². The number of hydrogen-bond donors (Lipinski definition) is 1. The first-order valence-electron chi connectivity index (χ1n) is 13.9. The van der Waals surface area contributed by atoms with Gasteiger partial charge < -0.3 is 19.8 Å². The molecule has 0 aliphatic carbocycles. The number of halogens is 1. The Kier molecular flexibility index (Phi) is 8.45. The van der Waals surface area contributed by atoms with E-state index in [0.29, 0.717) is 19.5 Å². The lowest BCUT2D eigenvalue weighted by molar-refractivity contribution is -0.144. The zero-order valence-corrected chi connectivity index (χ0v) is 25.1. The van der Waals surface area contributed by atoms with E-state index in [2.05, 4.69) is 29.1 Å². The summed E-state index contributed by atoms with van der Waals surface area (Å²) < 4.78 is -0.773. The number of benzene rings is 2. The third kappa shape index (κ3) is 4.60. The molecule has 3 fully saturated rings. The lowest BCUT2D eigenvalue weighted by Gasteiger charge is -2.38. The van der Waals surface area contributed by atoms with Crippen LogP contribution < -0.4 is 4.90 Å². The van der Waals surface area contributed by atoms with E-state index in [4.69, 9.17) is 0 Å². The number of carbonyl (C=O) groups is 3. The molecule has 2 aromatic carbocycles. The molecular weight excluding hydrogens is 590 g/mol. The number of carbonyl (C=O) groups excluding carboxylic acids is 3. The average Bonchev–Trinajstić information content (AvgIpc) is 3.54. The number of fused-ring (bicyclic) bond motifs is 2. The summed E-state index contributed by atoms with van der Waals surface area (Å²) in [5, 5.41) is 11.9. The van der Waals surface area contributed by atoms with E-state index in [-0.39, 0.29) is 47.5 Å². The molecule has 2 bridgehead atoms. The minimum atomic E-state index is -0.810. The van der Waals surface area contributed by atoms with E-state index in [1.165, 1.54) is 4.90 Å². The number of aliphatic hydroxyl groups is 1. The number of β-amino-alcohol motifs (C(OH)–C–C–N with tert-alkyl or cyclic N) is 1. The van der Waals surface area contributed by atoms with Crippen LogP contribution in [0.4, 0.5) is 5.69 Å². The monoisotopic (exact) mass is 625 g/mol. The van der Waals surface area contributed by atoms with Gasteiger partial charge in [-0.05, 0) is 35.7 Å². The lowest BCUT2D eigenvalue weighted by Crippen LogP contribution is -2.56. The van der Waals surface area contributed by atoms with Gasteiger partial charge in [0.25, 0.3) is 5.91 Å². The Morgan fingerprint density at radius 1 is 1.15 bits per heavy atom. The highest BCUT2D eigenvalue weighted by Gasteiger charge is 2.76. The van der Waals surface area contributed by atoms with Crippen molar-refractivity contribution >= 4 is 61.9 Å². The normalized spacial score (nSPS) is 28.5. The molecule has 212 valence electrons. The Balaban J connectivity index is 1.57. The molecule has 3 amide bonds. The van der Waals surface area contributed by atoms with Crippen molar-refractivity contribution in [3.8, 4) is 0 Å². The van der Waals surface area contributed by atoms with Gasteiger partial charge in [0, 0.05) is 41.9 Å². The van der Waals surface area contributed by atoms with Crippen molar-refractivity contribution in [1.82, 2.24) is 9.80 Å². The number of aliphatic hydroxyl groups excluding tert-OH is 1. The lowest BCUT2D eigenvalue weighted by atomic mass is 9.70. The maximum atomic E-state index is 14.6. The van der Waals surface area contributed by atoms with Gasteiger partial charge >= 0.3 is 0 Å². The number of rotatable bonds is 11. The van der Waals surface area contributed by atoms with E-state index in [1.807, 2.05) is 49.4 Å². The first-order chi connectivity index (χ1) is 19.3. The van der Waals surface area contributed by atoms with E-state index in [1.54, 1.807) is 33.7 Å². The van der Waals surface area contributed by atoms with Gasteiger partial charge in [-0.25, -0.2) is 0 Å². The van der Waals surface area contributed by atoms with E-state index in [9.17, 15) is 19.5 Å². The second-order valence-electron chi connectivity index (χ2n) is 10.8. The van der Waals surface area contributed by atoms with Gasteiger partial charge in [-0.1, -0.05) is 65.3 Å². The fourth-order valence-electron chi connectivity index (χ4n) is 6.91. The average molecular weight is 627 g/mol. The fraction of sp³-hybridized carbons (Fsp3) is 0.452. The molecule has 5 rings (SSSR count). The van der Waals surface area contributed by atoms with Crippen LogP contribution in [0.25, 0.3) is 10.8 Å². The summed E-state index contributed by atoms with van der Waals surface area (Å²) >= 11 is 5.44. The van der Waals surface area contributed by atoms with Gasteiger partial charge in [0.2, 0.25) is 11.8 Å². The number of nitrogens with zero attached hydrogens (tertiary/aromatic N) is 3. The summed E-state index contributed by atoms with van der Waals surface area (Å²) in [4.78, 5) is 47.7. The van der Waals surface area contributed by atoms with Crippen LogP contribution in [0.15, 0.2) is 67.8 Å². The van der Waals surface area contributed by atoms with Crippen LogP contribution in [-0.2, 0) is 14.4 Å². The summed E-state index contributed by atoms with van der Waals surface area (Å²) in [7, 11) is 0. The molecule has 0 aromatic heterocycles. The standard InChI is InChI=1S/C31H36BrN3O4S/c1-4-13-33(14-5-2)28(37)24-25-29(38)35(16-17-36)27(31(25)19-23(32)26(24)40-31)30(39)34(15-6-3)22-12-11-20-9-7-8-10-21(20)18-22/h4,6-12,18,23-27,36H,1,3,5,13-17,19H2,2H3/t23?,24-,25+,26-,27?,31?/m1/s1. The number of hydrogen-bond acceptors (Lipinski definition) is 5. The van der Waals surface area contributed by atoms with Crippen LogP contribution in [0.3, 0.4) is 0 Å². The van der Waals surface area contributed by atoms with E-state index < -0.39 is 22.6 Å². The maximum Gasteiger partial charge on any atom is 0.251 e. The molecule has 1 N–H and O–H groups in total. The van der Waals surface area contributed by atoms with Crippen LogP contribution in [0.2, 0.25) is 0 Å². The predicted molar refractivity (Wildman–Crippen MR) is 165 cm³/mol. The minimum Gasteiger partial charge on any atom is -0.395 e. The molecule has 0 saturated carbocycles. The van der Waals surface area contributed by atoms with Crippen molar-refractivity contribution in [1.29, 1.82) is 0 Å². The molecule has 40 heavy (non-hydrogen) atoms. The number of alkyl halides is 1. The highest BCUT2D eigenvalue weighted by Crippen LogP contribution is 2.68. The molecule has 3 unspecified atom stereocenters. The van der Waals surface area contributed by atoms with Crippen LogP contribution >= 0.6 is 27.7 Å². The molecule has 7 nitrogen and oxygen atoms in total. The second-order valence-corrected chi connectivity index (χ2v) is 13.5. The molecule has 3 aliphatic heterocycles. The largest absolute Gasteiger partial charge is 0.395 e. The molecular formula is C31H36BrN3O4S. The van der Waals surface area contributed by atoms with Crippen molar-refractivity contribution in [2.24, 2.45) is 11.8 Å². The zero-order valence-electron chi connectivity index (χ0n) is 22.7. The number of anilines is 1. The first kappa shape index (κ1) is 28.9. The van der Waals surface area contributed by atoms with Crippen molar-refractivity contribution in [3.05, 3.63) is 67.8 Å². The van der Waals surface area contributed by atoms with Gasteiger partial charge in [0.1, 0.15) is 6.04 Å². The van der Waals surface area contributed by atoms with Crippen LogP contribution in [0, 0.1) is 11.8 Å². The van der Waals surface area contributed by atoms with Crippen molar-refractivity contribution in [3.63, 3.8) is 0 Å². The summed E-state index contributed by atoms with van der Waals surface area (Å²) in [6, 6.07) is 13.0. The van der Waals surface area contributed by atoms with E-state index in [0.717, 1.165) is 22.9 Å². The third-order valence-electron chi connectivity index (χ3n) is 8.43. The summed E-state index contributed by atoms with van der Waals surface area (Å²) in [5.74, 6) is -1.66. The van der Waals surface area contributed by atoms with Crippen LogP contribution in [0.1, 0.15) is 19.8 Å². The molecule has 2 aromatic rings. The van der Waals surface area contributed by atoms with E-state index >= 15 is 0 Å². The predicted octanol–water partition coefficient (Wildman–Crippen LogP) is 4.24. The molecule has 1 spiro atoms. The molecule has 3 saturated heterocycles. The van der Waals surface area contributed by atoms with Crippen molar-refractivity contribution in [2.45, 2.75) is 40.6 Å². The molecule has 3 aliphatic rings.